The number of quaternary nitrogens is 1. The van der Waals surface area contributed by atoms with Gasteiger partial charge >= 0.3 is 0 Å². The lowest BCUT2D eigenvalue weighted by Crippen LogP contribution is -3.09. The van der Waals surface area contributed by atoms with Gasteiger partial charge in [0, 0.05) is 18.4 Å². The smallest absolute Gasteiger partial charge is 0.183 e. The third kappa shape index (κ3) is 2.22. The highest BCUT2D eigenvalue weighted by Crippen LogP contribution is 2.19. The lowest BCUT2D eigenvalue weighted by Gasteiger charge is -2.13. The first-order valence-corrected chi connectivity index (χ1v) is 6.20. The maximum Gasteiger partial charge on any atom is 0.183 e. The number of nitriles is 1. The van der Waals surface area contributed by atoms with E-state index in [1.807, 2.05) is 12.3 Å². The minimum Gasteiger partial charge on any atom is -0.388 e. The number of oxime groups is 1. The molecule has 3 heterocycles. The molecule has 0 amide bonds. The molecule has 1 N–H and O–H groups in total. The van der Waals surface area contributed by atoms with Crippen LogP contribution in [0, 0.1) is 23.2 Å². The Labute approximate surface area is 105 Å². The highest BCUT2D eigenvalue weighted by atomic mass is 16.6. The van der Waals surface area contributed by atoms with Crippen LogP contribution in [-0.4, -0.2) is 31.0 Å². The summed E-state index contributed by atoms with van der Waals surface area (Å²) in [5.74, 6) is 1.85. The number of piperidine rings is 1. The average molecular weight is 247 g/mol. The molecule has 18 heavy (non-hydrogen) atoms. The number of fused-ring (bicyclic) bond motifs is 2. The zero-order valence-electron chi connectivity index (χ0n) is 10.0. The summed E-state index contributed by atoms with van der Waals surface area (Å²) in [6.45, 7) is 3.99. The number of hydrogen-bond donors (Lipinski definition) is 1. The van der Waals surface area contributed by atoms with Crippen molar-refractivity contribution >= 4 is 6.21 Å². The predicted octanol–water partition coefficient (Wildman–Crippen LogP) is -0.417. The topological polar surface area (TPSA) is 75.8 Å². The van der Waals surface area contributed by atoms with Gasteiger partial charge in [0.1, 0.15) is 6.07 Å². The highest BCUT2D eigenvalue weighted by molar-refractivity contribution is 5.61. The molecule has 6 nitrogen and oxygen atoms in total. The van der Waals surface area contributed by atoms with Crippen molar-refractivity contribution in [1.82, 2.24) is 5.16 Å². The van der Waals surface area contributed by atoms with Crippen LogP contribution in [0.2, 0.25) is 0 Å². The van der Waals surface area contributed by atoms with Crippen molar-refractivity contribution in [3.63, 3.8) is 0 Å². The van der Waals surface area contributed by atoms with Crippen LogP contribution in [0.4, 0.5) is 0 Å². The van der Waals surface area contributed by atoms with E-state index in [0.717, 1.165) is 5.92 Å². The van der Waals surface area contributed by atoms with Crippen molar-refractivity contribution in [3.8, 4) is 6.07 Å². The summed E-state index contributed by atoms with van der Waals surface area (Å²) < 4.78 is 4.90. The molecular weight excluding hydrogens is 232 g/mol. The molecular formula is C12H15N4O2+. The second kappa shape index (κ2) is 4.78. The SMILES string of the molecule is N#Cc1cc(CO/N=C/C2C[NH+]3CCC2C3)on1. The van der Waals surface area contributed by atoms with E-state index < -0.39 is 0 Å². The Morgan fingerprint density at radius 2 is 2.61 bits per heavy atom. The second-order valence-electron chi connectivity index (χ2n) is 4.94. The van der Waals surface area contributed by atoms with Crippen molar-refractivity contribution in [2.75, 3.05) is 19.6 Å². The average Bonchev–Trinajstić information content (AvgIpc) is 3.10. The van der Waals surface area contributed by atoms with Gasteiger partial charge in [-0.2, -0.15) is 5.26 Å². The van der Waals surface area contributed by atoms with Gasteiger partial charge < -0.3 is 14.3 Å². The normalized spacial score (nSPS) is 29.8. The number of nitrogens with zero attached hydrogens (tertiary/aromatic N) is 3. The number of aromatic nitrogens is 1. The van der Waals surface area contributed by atoms with E-state index in [1.165, 1.54) is 26.1 Å². The standard InChI is InChI=1S/C12H14N4O2/c13-4-11-3-12(18-15-11)8-17-14-5-10-7-16-2-1-9(10)6-16/h3,5,9-10H,1-2,6-8H2/p+1/b14-5+. The van der Waals surface area contributed by atoms with Crippen LogP contribution < -0.4 is 4.90 Å². The van der Waals surface area contributed by atoms with Crippen molar-refractivity contribution < 1.29 is 14.3 Å². The molecule has 3 rings (SSSR count). The van der Waals surface area contributed by atoms with Gasteiger partial charge in [0.05, 0.1) is 31.8 Å². The first-order valence-electron chi connectivity index (χ1n) is 6.20. The van der Waals surface area contributed by atoms with Crippen molar-refractivity contribution in [2.45, 2.75) is 13.0 Å². The molecule has 2 fully saturated rings. The largest absolute Gasteiger partial charge is 0.388 e. The van der Waals surface area contributed by atoms with E-state index in [0.29, 0.717) is 11.7 Å². The fourth-order valence-electron chi connectivity index (χ4n) is 2.85. The molecule has 2 aliphatic heterocycles. The first-order chi connectivity index (χ1) is 8.85. The van der Waals surface area contributed by atoms with Crippen LogP contribution in [0.3, 0.4) is 0 Å². The molecule has 94 valence electrons. The minimum absolute atomic E-state index is 0.221. The number of rotatable bonds is 4. The maximum atomic E-state index is 8.58. The zero-order valence-corrected chi connectivity index (χ0v) is 10.0. The first kappa shape index (κ1) is 11.2. The summed E-state index contributed by atoms with van der Waals surface area (Å²) in [7, 11) is 0. The van der Waals surface area contributed by atoms with Gasteiger partial charge in [0.2, 0.25) is 0 Å². The lowest BCUT2D eigenvalue weighted by molar-refractivity contribution is -0.880. The van der Waals surface area contributed by atoms with Crippen molar-refractivity contribution in [3.05, 3.63) is 17.5 Å². The minimum atomic E-state index is 0.221. The fourth-order valence-corrected chi connectivity index (χ4v) is 2.85. The molecule has 3 unspecified atom stereocenters. The third-order valence-corrected chi connectivity index (χ3v) is 3.76. The Bertz CT molecular complexity index is 491. The molecule has 0 saturated carbocycles. The van der Waals surface area contributed by atoms with E-state index in [9.17, 15) is 0 Å². The Hall–Kier alpha value is -1.87. The van der Waals surface area contributed by atoms with E-state index in [-0.39, 0.29) is 12.3 Å². The summed E-state index contributed by atoms with van der Waals surface area (Å²) in [4.78, 5) is 6.85. The zero-order chi connectivity index (χ0) is 12.4. The molecule has 0 spiro atoms. The molecule has 1 aromatic rings. The Balaban J connectivity index is 1.46. The summed E-state index contributed by atoms with van der Waals surface area (Å²) >= 11 is 0. The lowest BCUT2D eigenvalue weighted by atomic mass is 9.94. The van der Waals surface area contributed by atoms with Crippen LogP contribution in [-0.2, 0) is 11.4 Å². The highest BCUT2D eigenvalue weighted by Gasteiger charge is 2.41. The van der Waals surface area contributed by atoms with Gasteiger partial charge in [-0.1, -0.05) is 10.3 Å². The molecule has 3 atom stereocenters. The predicted molar refractivity (Wildman–Crippen MR) is 61.7 cm³/mol. The molecule has 2 bridgehead atoms. The van der Waals surface area contributed by atoms with Crippen LogP contribution in [0.1, 0.15) is 17.9 Å². The van der Waals surface area contributed by atoms with E-state index in [2.05, 4.69) is 10.3 Å². The second-order valence-corrected chi connectivity index (χ2v) is 4.94. The summed E-state index contributed by atoms with van der Waals surface area (Å²) in [6, 6.07) is 3.46. The van der Waals surface area contributed by atoms with E-state index in [4.69, 9.17) is 14.6 Å². The Morgan fingerprint density at radius 1 is 1.67 bits per heavy atom. The Kier molecular flexibility index (Phi) is 2.99. The van der Waals surface area contributed by atoms with E-state index in [1.54, 1.807) is 11.0 Å². The molecule has 6 heteroatoms. The Morgan fingerprint density at radius 3 is 3.28 bits per heavy atom. The fraction of sp³-hybridized carbons (Fsp3) is 0.583. The van der Waals surface area contributed by atoms with Gasteiger partial charge in [-0.15, -0.1) is 0 Å². The van der Waals surface area contributed by atoms with Gasteiger partial charge in [0.15, 0.2) is 18.1 Å². The van der Waals surface area contributed by atoms with Crippen LogP contribution in [0.15, 0.2) is 15.7 Å². The van der Waals surface area contributed by atoms with Gasteiger partial charge in [0.25, 0.3) is 0 Å². The third-order valence-electron chi connectivity index (χ3n) is 3.76. The summed E-state index contributed by atoms with van der Waals surface area (Å²) in [6.07, 6.45) is 3.22. The van der Waals surface area contributed by atoms with Gasteiger partial charge in [-0.05, 0) is 0 Å². The summed E-state index contributed by atoms with van der Waals surface area (Å²) in [5, 5.41) is 16.1. The maximum absolute atomic E-state index is 8.58. The van der Waals surface area contributed by atoms with E-state index >= 15 is 0 Å². The summed E-state index contributed by atoms with van der Waals surface area (Å²) in [5.41, 5.74) is 0.266. The monoisotopic (exact) mass is 247 g/mol. The van der Waals surface area contributed by atoms with Crippen LogP contribution in [0.25, 0.3) is 0 Å². The molecule has 0 aliphatic carbocycles. The van der Waals surface area contributed by atoms with Crippen LogP contribution in [0.5, 0.6) is 0 Å². The molecule has 0 aromatic carbocycles. The quantitative estimate of drug-likeness (QED) is 0.579. The molecule has 2 saturated heterocycles. The van der Waals surface area contributed by atoms with Crippen molar-refractivity contribution in [2.24, 2.45) is 17.0 Å². The van der Waals surface area contributed by atoms with Crippen LogP contribution >= 0.6 is 0 Å². The van der Waals surface area contributed by atoms with Crippen molar-refractivity contribution in [1.29, 1.82) is 5.26 Å². The molecule has 1 aromatic heterocycles. The van der Waals surface area contributed by atoms with Gasteiger partial charge in [-0.3, -0.25) is 0 Å². The number of hydrogen-bond acceptors (Lipinski definition) is 5. The number of nitrogens with one attached hydrogen (secondary N) is 1. The molecule has 2 aliphatic rings. The molecule has 0 radical (unpaired) electrons. The van der Waals surface area contributed by atoms with Gasteiger partial charge in [-0.25, -0.2) is 0 Å².